The Hall–Kier alpha value is -1.30. The molecule has 4 aliphatic rings. The first-order valence-electron chi connectivity index (χ1n) is 14.1. The predicted octanol–water partition coefficient (Wildman–Crippen LogP) is 2.77. The van der Waals surface area contributed by atoms with Gasteiger partial charge in [-0.25, -0.2) is 4.79 Å². The molecule has 6 heteroatoms. The van der Waals surface area contributed by atoms with E-state index in [1.165, 1.54) is 4.90 Å². The lowest BCUT2D eigenvalue weighted by atomic mass is 9.64. The first-order chi connectivity index (χ1) is 16.1. The summed E-state index contributed by atoms with van der Waals surface area (Å²) in [6.07, 6.45) is 4.83. The van der Waals surface area contributed by atoms with Gasteiger partial charge in [0.05, 0.1) is 9.30 Å². The van der Waals surface area contributed by atoms with Crippen molar-refractivity contribution in [2.75, 3.05) is 32.7 Å². The Morgan fingerprint density at radius 2 is 2.00 bits per heavy atom. The summed E-state index contributed by atoms with van der Waals surface area (Å²) in [6, 6.07) is 0.351. The van der Waals surface area contributed by atoms with Crippen molar-refractivity contribution in [2.24, 2.45) is 11.3 Å². The molecule has 0 atom stereocenters. The second-order valence-electron chi connectivity index (χ2n) is 8.94. The van der Waals surface area contributed by atoms with Crippen molar-refractivity contribution in [1.82, 2.24) is 15.1 Å². The highest BCUT2D eigenvalue weighted by Gasteiger charge is 2.51. The Bertz CT molecular complexity index is 829. The maximum Gasteiger partial charge on any atom is 0.409 e. The molecule has 0 bridgehead atoms. The van der Waals surface area contributed by atoms with Crippen LogP contribution in [0.4, 0.5) is 4.79 Å². The molecule has 2 saturated carbocycles. The third-order valence-corrected chi connectivity index (χ3v) is 7.16. The molecule has 1 spiro atoms. The van der Waals surface area contributed by atoms with Crippen LogP contribution in [0.3, 0.4) is 0 Å². The number of rotatable bonds is 4. The van der Waals surface area contributed by atoms with E-state index in [4.69, 9.17) is 11.0 Å². The van der Waals surface area contributed by atoms with Gasteiger partial charge >= 0.3 is 6.09 Å². The molecule has 0 aromatic carbocycles. The van der Waals surface area contributed by atoms with Crippen molar-refractivity contribution in [2.45, 2.75) is 76.7 Å². The van der Waals surface area contributed by atoms with Gasteiger partial charge in [-0.05, 0) is 83.6 Å². The number of ether oxygens (including phenoxy) is 1. The Labute approximate surface area is 174 Å². The van der Waals surface area contributed by atoms with Crippen LogP contribution in [0.1, 0.15) is 76.0 Å². The summed E-state index contributed by atoms with van der Waals surface area (Å²) in [5.41, 5.74) is -1.11. The highest BCUT2D eigenvalue weighted by Crippen LogP contribution is 2.50. The van der Waals surface area contributed by atoms with E-state index < -0.39 is 31.9 Å². The van der Waals surface area contributed by atoms with E-state index in [1.807, 2.05) is 0 Å². The zero-order chi connectivity index (χ0) is 25.9. The van der Waals surface area contributed by atoms with Gasteiger partial charge in [0.2, 0.25) is 5.91 Å². The summed E-state index contributed by atoms with van der Waals surface area (Å²) in [4.78, 5) is 28.9. The fourth-order valence-corrected chi connectivity index (χ4v) is 5.25. The Kier molecular flexibility index (Phi) is 3.13. The average molecular weight is 386 g/mol. The number of hydrogen-bond donors (Lipinski definition) is 1. The number of likely N-dealkylation sites (tertiary alicyclic amines) is 2. The van der Waals surface area contributed by atoms with Crippen molar-refractivity contribution >= 4 is 12.0 Å². The topological polar surface area (TPSA) is 61.9 Å². The maximum absolute atomic E-state index is 12.8. The second kappa shape index (κ2) is 7.26. The third kappa shape index (κ3) is 3.82. The normalized spacial score (nSPS) is 39.3. The Morgan fingerprint density at radius 3 is 2.63 bits per heavy atom. The van der Waals surface area contributed by atoms with E-state index in [9.17, 15) is 9.59 Å². The first kappa shape index (κ1) is 11.6. The number of carbonyl (C=O) groups is 2. The van der Waals surface area contributed by atoms with Crippen LogP contribution in [0.5, 0.6) is 0 Å². The summed E-state index contributed by atoms with van der Waals surface area (Å²) in [5, 5.41) is 2.86. The molecule has 2 heterocycles. The lowest BCUT2D eigenvalue weighted by Gasteiger charge is -2.51. The smallest absolute Gasteiger partial charge is 0.409 e. The molecule has 2 aliphatic heterocycles. The predicted molar refractivity (Wildman–Crippen MR) is 103 cm³/mol. The highest BCUT2D eigenvalue weighted by atomic mass is 16.6. The highest BCUT2D eigenvalue weighted by molar-refractivity contribution is 5.79. The minimum atomic E-state index is -3.05. The molecule has 2 amide bonds. The first-order valence-corrected chi connectivity index (χ1v) is 10.1. The van der Waals surface area contributed by atoms with Crippen molar-refractivity contribution in [3.8, 4) is 0 Å². The number of nitrogens with one attached hydrogen (secondary N) is 1. The molecular formula is C21H35N3O3. The van der Waals surface area contributed by atoms with E-state index in [0.717, 1.165) is 38.8 Å². The largest absolute Gasteiger partial charge is 0.450 e. The zero-order valence-corrected chi connectivity index (χ0v) is 15.8. The summed E-state index contributed by atoms with van der Waals surface area (Å²) >= 11 is 0. The number of piperidine rings is 1. The van der Waals surface area contributed by atoms with Gasteiger partial charge in [-0.3, -0.25) is 4.79 Å². The molecule has 0 radical (unpaired) electrons. The van der Waals surface area contributed by atoms with Crippen LogP contribution >= 0.6 is 0 Å². The van der Waals surface area contributed by atoms with Gasteiger partial charge in [0, 0.05) is 38.8 Å². The molecule has 0 aromatic rings. The van der Waals surface area contributed by atoms with Gasteiger partial charge in [0.25, 0.3) is 0 Å². The minimum Gasteiger partial charge on any atom is -0.450 e. The van der Waals surface area contributed by atoms with E-state index in [2.05, 4.69) is 15.0 Å². The van der Waals surface area contributed by atoms with Crippen molar-refractivity contribution in [1.29, 1.82) is 0 Å². The zero-order valence-electron chi connectivity index (χ0n) is 23.8. The molecule has 27 heavy (non-hydrogen) atoms. The molecular weight excluding hydrogens is 342 g/mol. The van der Waals surface area contributed by atoms with Gasteiger partial charge in [-0.2, -0.15) is 0 Å². The van der Waals surface area contributed by atoms with E-state index >= 15 is 0 Å². The van der Waals surface area contributed by atoms with Crippen LogP contribution in [0.25, 0.3) is 0 Å². The SMILES string of the molecule is [2H]C([2H])([2H])C1(NC(=O)C2CCN(C3CC4(CCN(C(=O)OC([2H])([2H])C([2H])([2H])[2H])C4)C3)CC2)CCC1. The summed E-state index contributed by atoms with van der Waals surface area (Å²) in [7, 11) is 0. The minimum absolute atomic E-state index is 0.0546. The lowest BCUT2D eigenvalue weighted by molar-refractivity contribution is -0.130. The molecule has 152 valence electrons. The maximum atomic E-state index is 12.8. The summed E-state index contributed by atoms with van der Waals surface area (Å²) < 4.78 is 64.6. The van der Waals surface area contributed by atoms with E-state index in [0.29, 0.717) is 44.8 Å². The quantitative estimate of drug-likeness (QED) is 0.808. The molecule has 4 fully saturated rings. The van der Waals surface area contributed by atoms with Crippen molar-refractivity contribution < 1.29 is 25.3 Å². The van der Waals surface area contributed by atoms with Crippen LogP contribution in [0.2, 0.25) is 0 Å². The summed E-state index contributed by atoms with van der Waals surface area (Å²) in [5.74, 6) is -0.322. The van der Waals surface area contributed by atoms with Crippen LogP contribution in [-0.4, -0.2) is 66.1 Å². The molecule has 0 aromatic heterocycles. The van der Waals surface area contributed by atoms with Crippen molar-refractivity contribution in [3.05, 3.63) is 0 Å². The van der Waals surface area contributed by atoms with Gasteiger partial charge < -0.3 is 19.9 Å². The fraction of sp³-hybridized carbons (Fsp3) is 0.905. The molecule has 6 nitrogen and oxygen atoms in total. The van der Waals surface area contributed by atoms with Gasteiger partial charge in [0.15, 0.2) is 0 Å². The Balaban J connectivity index is 1.21. The number of amides is 2. The van der Waals surface area contributed by atoms with Crippen LogP contribution in [-0.2, 0) is 9.53 Å². The van der Waals surface area contributed by atoms with Crippen LogP contribution in [0.15, 0.2) is 0 Å². The third-order valence-electron chi connectivity index (χ3n) is 7.16. The second-order valence-corrected chi connectivity index (χ2v) is 8.94. The average Bonchev–Trinajstić information content (AvgIpc) is 3.13. The molecule has 4 rings (SSSR count). The van der Waals surface area contributed by atoms with E-state index in [-0.39, 0.29) is 17.2 Å². The molecule has 2 saturated heterocycles. The fourth-order valence-electron chi connectivity index (χ4n) is 5.25. The monoisotopic (exact) mass is 385 g/mol. The van der Waals surface area contributed by atoms with Crippen LogP contribution < -0.4 is 5.32 Å². The molecule has 2 aliphatic carbocycles. The Morgan fingerprint density at radius 1 is 1.22 bits per heavy atom. The van der Waals surface area contributed by atoms with Crippen LogP contribution in [0, 0.1) is 11.3 Å². The molecule has 1 N–H and O–H groups in total. The number of hydrogen-bond acceptors (Lipinski definition) is 4. The lowest BCUT2D eigenvalue weighted by Crippen LogP contribution is -2.56. The van der Waals surface area contributed by atoms with Gasteiger partial charge in [-0.1, -0.05) is 0 Å². The standard InChI is InChI=1S/C21H35N3O3/c1-3-27-19(26)24-12-9-21(15-24)13-17(14-21)23-10-5-16(6-11-23)18(25)22-20(2)7-4-8-20/h16-17H,3-15H2,1-2H3,(H,22,25)/i1D3,2D3,3D2. The van der Waals surface area contributed by atoms with Gasteiger partial charge in [0.1, 0.15) is 0 Å². The van der Waals surface area contributed by atoms with Crippen molar-refractivity contribution in [3.63, 3.8) is 0 Å². The number of carbonyl (C=O) groups excluding carboxylic acids is 2. The summed E-state index contributed by atoms with van der Waals surface area (Å²) in [6.45, 7) is -5.88. The van der Waals surface area contributed by atoms with Gasteiger partial charge in [-0.15, -0.1) is 0 Å². The molecule has 0 unspecified atom stereocenters. The number of nitrogens with zero attached hydrogens (tertiary/aromatic N) is 2. The van der Waals surface area contributed by atoms with E-state index in [1.54, 1.807) is 0 Å².